The molecule has 22 aromatic rings. The van der Waals surface area contributed by atoms with Crippen molar-refractivity contribution in [3.05, 3.63) is 542 Å². The predicted octanol–water partition coefficient (Wildman–Crippen LogP) is 32.8. The average molecular weight is 1610 g/mol. The van der Waals surface area contributed by atoms with Crippen molar-refractivity contribution in [2.75, 3.05) is 9.80 Å². The van der Waals surface area contributed by atoms with Crippen molar-refractivity contribution in [3.8, 4) is 89.0 Å². The molecule has 0 bridgehead atoms. The van der Waals surface area contributed by atoms with E-state index in [9.17, 15) is 0 Å². The summed E-state index contributed by atoms with van der Waals surface area (Å²) in [6.45, 7) is 0. The van der Waals surface area contributed by atoms with Gasteiger partial charge >= 0.3 is 0 Å². The van der Waals surface area contributed by atoms with E-state index in [4.69, 9.17) is 8.83 Å². The van der Waals surface area contributed by atoms with Crippen LogP contribution in [0.5, 0.6) is 0 Å². The summed E-state index contributed by atoms with van der Waals surface area (Å²) in [4.78, 5) is 4.91. The Hall–Kier alpha value is -16.4. The van der Waals surface area contributed by atoms with Crippen LogP contribution in [0.15, 0.2) is 506 Å². The van der Waals surface area contributed by atoms with Crippen LogP contribution in [0.2, 0.25) is 0 Å². The van der Waals surface area contributed by atoms with Gasteiger partial charge in [-0.15, -0.1) is 0 Å². The normalized spacial score (nSPS) is 12.6. The smallest absolute Gasteiger partial charge is 0.143 e. The number of fused-ring (bicyclic) bond motifs is 12. The van der Waals surface area contributed by atoms with Gasteiger partial charge in [0.05, 0.1) is 22.2 Å². The number of hydrogen-bond donors (Lipinski definition) is 0. The molecule has 0 saturated carbocycles. The zero-order valence-corrected chi connectivity index (χ0v) is 69.1. The number of hydrogen-bond acceptors (Lipinski definition) is 4. The molecule has 0 saturated heterocycles. The molecule has 0 amide bonds. The second-order valence-electron chi connectivity index (χ2n) is 32.8. The topological polar surface area (TPSA) is 32.8 Å². The summed E-state index contributed by atoms with van der Waals surface area (Å²) >= 11 is 0. The van der Waals surface area contributed by atoms with Crippen molar-refractivity contribution < 1.29 is 8.83 Å². The van der Waals surface area contributed by atoms with Gasteiger partial charge in [0.15, 0.2) is 0 Å². The summed E-state index contributed by atoms with van der Waals surface area (Å²) in [6, 6.07) is 180. The van der Waals surface area contributed by atoms with E-state index < -0.39 is 10.8 Å². The van der Waals surface area contributed by atoms with Gasteiger partial charge in [0, 0.05) is 66.5 Å². The summed E-state index contributed by atoms with van der Waals surface area (Å²) in [7, 11) is 0. The van der Waals surface area contributed by atoms with Gasteiger partial charge in [-0.1, -0.05) is 425 Å². The van der Waals surface area contributed by atoms with E-state index >= 15 is 0 Å². The third-order valence-corrected chi connectivity index (χ3v) is 25.9. The maximum Gasteiger partial charge on any atom is 0.143 e. The molecule has 2 heterocycles. The third-order valence-electron chi connectivity index (χ3n) is 25.9. The maximum absolute atomic E-state index is 6.60. The van der Waals surface area contributed by atoms with Gasteiger partial charge < -0.3 is 18.6 Å². The van der Waals surface area contributed by atoms with Crippen LogP contribution in [-0.4, -0.2) is 0 Å². The SMILES string of the molecule is c1ccc(-c2ccc(-c3ccc(N(c4cccc(-c5cccc6c5oc5ccccc56)c4)c4cccc5c4-c4ccccc4C5(c4ccccc4)c4ccccc4)cc3)cc2)cc1.c1ccc(-c2ccc(-c3cccc(N(c4cccc(-c5cccc6c5oc5ccccc56)c4)c4cccc5c4-c4ccccc4C5(c4ccccc4)c4ccccc4)c3)cc2)cc1. The first-order valence-electron chi connectivity index (χ1n) is 43.3. The maximum atomic E-state index is 6.60. The second kappa shape index (κ2) is 31.6. The molecule has 0 radical (unpaired) electrons. The van der Waals surface area contributed by atoms with Crippen LogP contribution in [0.1, 0.15) is 44.5 Å². The zero-order valence-electron chi connectivity index (χ0n) is 69.1. The average Bonchev–Trinajstić information content (AvgIpc) is 1.53. The van der Waals surface area contributed by atoms with E-state index in [1.165, 1.54) is 100 Å². The van der Waals surface area contributed by atoms with E-state index in [0.717, 1.165) is 111 Å². The minimum absolute atomic E-state index is 0.523. The van der Waals surface area contributed by atoms with Gasteiger partial charge in [0.1, 0.15) is 22.3 Å². The van der Waals surface area contributed by atoms with Crippen molar-refractivity contribution in [2.24, 2.45) is 0 Å². The molecule has 2 aliphatic carbocycles. The Kier molecular flexibility index (Phi) is 18.7. The van der Waals surface area contributed by atoms with E-state index in [1.54, 1.807) is 0 Å². The summed E-state index contributed by atoms with van der Waals surface area (Å²) < 4.78 is 13.2. The second-order valence-corrected chi connectivity index (χ2v) is 32.8. The van der Waals surface area contributed by atoms with E-state index in [2.05, 4.69) is 495 Å². The van der Waals surface area contributed by atoms with Gasteiger partial charge in [0.2, 0.25) is 0 Å². The molecule has 24 rings (SSSR count). The lowest BCUT2D eigenvalue weighted by Crippen LogP contribution is -2.28. The highest BCUT2D eigenvalue weighted by molar-refractivity contribution is 6.12. The molecule has 0 atom stereocenters. The summed E-state index contributed by atoms with van der Waals surface area (Å²) in [5.41, 5.74) is 37.8. The first kappa shape index (κ1) is 74.6. The Morgan fingerprint density at radius 3 is 0.825 bits per heavy atom. The van der Waals surface area contributed by atoms with Gasteiger partial charge in [0.25, 0.3) is 0 Å². The third kappa shape index (κ3) is 12.6. The number of nitrogens with zero attached hydrogens (tertiary/aromatic N) is 2. The molecule has 126 heavy (non-hydrogen) atoms. The Morgan fingerprint density at radius 2 is 0.429 bits per heavy atom. The van der Waals surface area contributed by atoms with Crippen molar-refractivity contribution >= 4 is 78.0 Å². The van der Waals surface area contributed by atoms with Crippen molar-refractivity contribution in [1.82, 2.24) is 0 Å². The van der Waals surface area contributed by atoms with Crippen LogP contribution >= 0.6 is 0 Å². The van der Waals surface area contributed by atoms with Crippen molar-refractivity contribution in [1.29, 1.82) is 0 Å². The van der Waals surface area contributed by atoms with E-state index in [0.29, 0.717) is 0 Å². The fourth-order valence-electron chi connectivity index (χ4n) is 20.3. The number of rotatable bonds is 16. The lowest BCUT2D eigenvalue weighted by atomic mass is 9.68. The first-order valence-corrected chi connectivity index (χ1v) is 43.3. The van der Waals surface area contributed by atoms with E-state index in [1.807, 2.05) is 12.1 Å². The van der Waals surface area contributed by atoms with Crippen LogP contribution < -0.4 is 9.80 Å². The molecule has 0 aliphatic heterocycles. The largest absolute Gasteiger partial charge is 0.455 e. The molecule has 4 heteroatoms. The Balaban J connectivity index is 0.000000145. The molecular formula is C122H82N2O2. The van der Waals surface area contributed by atoms with Gasteiger partial charge in [-0.3, -0.25) is 0 Å². The zero-order chi connectivity index (χ0) is 83.5. The molecule has 0 fully saturated rings. The molecular weight excluding hydrogens is 1530 g/mol. The molecule has 2 aliphatic rings. The van der Waals surface area contributed by atoms with Gasteiger partial charge in [-0.25, -0.2) is 0 Å². The molecule has 4 nitrogen and oxygen atoms in total. The van der Waals surface area contributed by atoms with Crippen molar-refractivity contribution in [2.45, 2.75) is 10.8 Å². The predicted molar refractivity (Wildman–Crippen MR) is 524 cm³/mol. The highest BCUT2D eigenvalue weighted by atomic mass is 16.3. The lowest BCUT2D eigenvalue weighted by molar-refractivity contribution is 0.669. The number of benzene rings is 20. The van der Waals surface area contributed by atoms with Gasteiger partial charge in [-0.2, -0.15) is 0 Å². The highest BCUT2D eigenvalue weighted by Crippen LogP contribution is 2.62. The molecule has 0 spiro atoms. The first-order chi connectivity index (χ1) is 62.5. The summed E-state index contributed by atoms with van der Waals surface area (Å²) in [6.07, 6.45) is 0. The number of para-hydroxylation sites is 4. The number of furan rings is 2. The Morgan fingerprint density at radius 1 is 0.167 bits per heavy atom. The van der Waals surface area contributed by atoms with Crippen LogP contribution in [0.4, 0.5) is 34.1 Å². The highest BCUT2D eigenvalue weighted by Gasteiger charge is 2.49. The van der Waals surface area contributed by atoms with Crippen molar-refractivity contribution in [3.63, 3.8) is 0 Å². The quantitative estimate of drug-likeness (QED) is 0.0965. The fraction of sp³-hybridized carbons (Fsp3) is 0.0164. The minimum Gasteiger partial charge on any atom is -0.455 e. The van der Waals surface area contributed by atoms with Crippen LogP contribution in [-0.2, 0) is 10.8 Å². The molecule has 0 unspecified atom stereocenters. The standard InChI is InChI=1S/2C61H41NO/c1-4-18-42(19-5-1)43-36-38-44(39-37-43)45-20-14-26-49(40-45)62(50-27-15-21-46(41-50)51-30-16-31-53-52-28-11-13-35-58(52)63-60(51)53)57-34-17-33-56-59(57)54-29-10-12-32-55(54)61(56,47-22-6-2-7-23-47)48-24-8-3-9-25-48;1-4-17-42(18-5-1)43-33-35-44(36-34-43)45-37-39-49(40-38-45)62(50-24-14-19-46(41-50)51-27-15-28-53-52-25-11-13-32-58(52)63-60(51)53)57-31-16-30-56-59(57)54-26-10-12-29-55(54)61(56,47-20-6-2-7-21-47)48-22-8-3-9-23-48/h2*1-41H. The van der Waals surface area contributed by atoms with Gasteiger partial charge in [-0.05, 0) is 184 Å². The Labute approximate surface area is 733 Å². The summed E-state index contributed by atoms with van der Waals surface area (Å²) in [5.74, 6) is 0. The Bertz CT molecular complexity index is 7720. The van der Waals surface area contributed by atoms with Crippen LogP contribution in [0.3, 0.4) is 0 Å². The minimum atomic E-state index is -0.530. The molecule has 20 aromatic carbocycles. The van der Waals surface area contributed by atoms with E-state index in [-0.39, 0.29) is 0 Å². The fourth-order valence-corrected chi connectivity index (χ4v) is 20.3. The number of anilines is 6. The molecule has 2 aromatic heterocycles. The van der Waals surface area contributed by atoms with Crippen LogP contribution in [0, 0.1) is 0 Å². The summed E-state index contributed by atoms with van der Waals surface area (Å²) in [5, 5.41) is 4.49. The van der Waals surface area contributed by atoms with Crippen LogP contribution in [0.25, 0.3) is 133 Å². The lowest BCUT2D eigenvalue weighted by Gasteiger charge is -2.34. The molecule has 0 N–H and O–H groups in total. The molecule has 592 valence electrons. The monoisotopic (exact) mass is 1610 g/mol.